The zero-order valence-corrected chi connectivity index (χ0v) is 14.6. The molecule has 124 valence electrons. The molecule has 2 aromatic rings. The van der Waals surface area contributed by atoms with Crippen molar-refractivity contribution < 1.29 is 9.47 Å². The molecule has 0 N–H and O–H groups in total. The van der Waals surface area contributed by atoms with Crippen LogP contribution in [0, 0.1) is 0 Å². The predicted molar refractivity (Wildman–Crippen MR) is 92.4 cm³/mol. The molecule has 0 radical (unpaired) electrons. The Kier molecular flexibility index (Phi) is 4.35. The van der Waals surface area contributed by atoms with E-state index in [1.165, 1.54) is 20.6 Å². The molecular weight excluding hydrogens is 355 g/mol. The average Bonchev–Trinajstić information content (AvgIpc) is 2.96. The first-order chi connectivity index (χ1) is 11.5. The van der Waals surface area contributed by atoms with Gasteiger partial charge < -0.3 is 9.47 Å². The van der Waals surface area contributed by atoms with E-state index in [1.807, 2.05) is 0 Å². The van der Waals surface area contributed by atoms with E-state index in [9.17, 15) is 0 Å². The number of hydrogen-bond acceptors (Lipinski definition) is 7. The number of aromatic nitrogens is 3. The molecule has 0 spiro atoms. The van der Waals surface area contributed by atoms with Crippen molar-refractivity contribution in [3.05, 3.63) is 28.2 Å². The largest absolute Gasteiger partial charge is 0.466 e. The van der Waals surface area contributed by atoms with Crippen LogP contribution in [0.3, 0.4) is 0 Å². The molecule has 8 nitrogen and oxygen atoms in total. The minimum atomic E-state index is -0.326. The number of benzene rings is 1. The van der Waals surface area contributed by atoms with Gasteiger partial charge in [-0.1, -0.05) is 33.9 Å². The van der Waals surface area contributed by atoms with Crippen molar-refractivity contribution in [1.29, 1.82) is 0 Å². The van der Waals surface area contributed by atoms with Gasteiger partial charge in [0, 0.05) is 6.92 Å². The van der Waals surface area contributed by atoms with E-state index < -0.39 is 0 Å². The van der Waals surface area contributed by atoms with Gasteiger partial charge in [-0.25, -0.2) is 0 Å². The Hall–Kier alpha value is -2.29. The van der Waals surface area contributed by atoms with Gasteiger partial charge in [0.05, 0.1) is 14.2 Å². The minimum Gasteiger partial charge on any atom is -0.466 e. The Morgan fingerprint density at radius 3 is 2.00 bits per heavy atom. The fraction of sp³-hybridized carbons (Fsp3) is 0.214. The molecule has 3 rings (SSSR count). The number of ether oxygens (including phenoxy) is 2. The molecule has 0 fully saturated rings. The van der Waals surface area contributed by atoms with E-state index >= 15 is 0 Å². The Labute approximate surface area is 148 Å². The summed E-state index contributed by atoms with van der Waals surface area (Å²) in [5.41, 5.74) is 0.478. The van der Waals surface area contributed by atoms with Gasteiger partial charge in [-0.3, -0.25) is 0 Å². The number of rotatable bonds is 4. The summed E-state index contributed by atoms with van der Waals surface area (Å²) >= 11 is 12.8. The molecule has 2 heterocycles. The number of methoxy groups -OCH3 is 2. The van der Waals surface area contributed by atoms with Crippen LogP contribution in [-0.2, 0) is 0 Å². The van der Waals surface area contributed by atoms with Crippen LogP contribution in [0.1, 0.15) is 6.92 Å². The second-order valence-electron chi connectivity index (χ2n) is 4.72. The van der Waals surface area contributed by atoms with Crippen LogP contribution in [0.25, 0.3) is 0 Å². The summed E-state index contributed by atoms with van der Waals surface area (Å²) in [7, 11) is 2.89. The van der Waals surface area contributed by atoms with Crippen molar-refractivity contribution in [1.82, 2.24) is 19.5 Å². The van der Waals surface area contributed by atoms with Crippen LogP contribution in [-0.4, -0.2) is 41.3 Å². The van der Waals surface area contributed by atoms with Gasteiger partial charge in [-0.05, 0) is 17.2 Å². The Bertz CT molecular complexity index is 815. The summed E-state index contributed by atoms with van der Waals surface area (Å²) < 4.78 is 9.92. The SMILES string of the molecule is COc1nc(OC)nc([N+]2(c3c(Cl)cccc3Cl)N=CN=C2C)n1. The van der Waals surface area contributed by atoms with Gasteiger partial charge >= 0.3 is 18.0 Å². The maximum atomic E-state index is 6.40. The van der Waals surface area contributed by atoms with Gasteiger partial charge in [0.1, 0.15) is 10.0 Å². The fourth-order valence-corrected chi connectivity index (χ4v) is 2.97. The van der Waals surface area contributed by atoms with Crippen molar-refractivity contribution in [2.75, 3.05) is 14.2 Å². The van der Waals surface area contributed by atoms with Crippen LogP contribution >= 0.6 is 23.2 Å². The highest BCUT2D eigenvalue weighted by Crippen LogP contribution is 2.45. The zero-order valence-electron chi connectivity index (χ0n) is 13.1. The third kappa shape index (κ3) is 2.48. The lowest BCUT2D eigenvalue weighted by molar-refractivity contribution is 0.334. The Morgan fingerprint density at radius 1 is 0.958 bits per heavy atom. The number of para-hydroxylation sites is 1. The van der Waals surface area contributed by atoms with Crippen LogP contribution in [0.4, 0.5) is 11.6 Å². The van der Waals surface area contributed by atoms with Gasteiger partial charge in [-0.2, -0.15) is 4.99 Å². The lowest BCUT2D eigenvalue weighted by Gasteiger charge is -2.26. The summed E-state index contributed by atoms with van der Waals surface area (Å²) in [5.74, 6) is 0.754. The number of hydrogen-bond donors (Lipinski definition) is 0. The summed E-state index contributed by atoms with van der Waals surface area (Å²) in [5, 5.41) is 5.23. The molecule has 0 bridgehead atoms. The molecule has 1 unspecified atom stereocenters. The molecule has 24 heavy (non-hydrogen) atoms. The maximum absolute atomic E-state index is 6.40. The van der Waals surface area contributed by atoms with E-state index in [4.69, 9.17) is 32.7 Å². The normalized spacial score (nSPS) is 19.3. The van der Waals surface area contributed by atoms with E-state index in [2.05, 4.69) is 25.0 Å². The van der Waals surface area contributed by atoms with Crippen LogP contribution in [0.15, 0.2) is 28.3 Å². The monoisotopic (exact) mass is 367 g/mol. The molecule has 0 saturated carbocycles. The van der Waals surface area contributed by atoms with Crippen molar-refractivity contribution in [2.45, 2.75) is 6.92 Å². The number of aliphatic imine (C=N–C) groups is 1. The molecule has 1 aliphatic rings. The molecule has 1 aliphatic heterocycles. The summed E-state index contributed by atoms with van der Waals surface area (Å²) in [4.78, 5) is 16.8. The fourth-order valence-electron chi connectivity index (χ4n) is 2.32. The number of amidine groups is 1. The summed E-state index contributed by atoms with van der Waals surface area (Å²) in [6.45, 7) is 1.77. The lowest BCUT2D eigenvalue weighted by atomic mass is 10.2. The highest BCUT2D eigenvalue weighted by atomic mass is 35.5. The molecule has 0 saturated heterocycles. The predicted octanol–water partition coefficient (Wildman–Crippen LogP) is 3.21. The second kappa shape index (κ2) is 6.31. The summed E-state index contributed by atoms with van der Waals surface area (Å²) in [6, 6.07) is 5.31. The Balaban J connectivity index is 2.34. The molecular formula is C14H13Cl2N6O2+. The van der Waals surface area contributed by atoms with Crippen LogP contribution in [0.5, 0.6) is 12.0 Å². The molecule has 1 aromatic carbocycles. The molecule has 0 aliphatic carbocycles. The number of nitrogens with zero attached hydrogens (tertiary/aromatic N) is 6. The highest BCUT2D eigenvalue weighted by molar-refractivity contribution is 6.39. The average molecular weight is 368 g/mol. The van der Waals surface area contributed by atoms with E-state index in [0.717, 1.165) is 0 Å². The van der Waals surface area contributed by atoms with Crippen molar-refractivity contribution in [2.24, 2.45) is 10.1 Å². The zero-order chi connectivity index (χ0) is 17.3. The molecule has 1 aromatic heterocycles. The van der Waals surface area contributed by atoms with Gasteiger partial charge in [0.15, 0.2) is 6.34 Å². The Morgan fingerprint density at radius 2 is 1.54 bits per heavy atom. The third-order valence-corrected chi connectivity index (χ3v) is 4.05. The van der Waals surface area contributed by atoms with Gasteiger partial charge in [0.25, 0.3) is 0 Å². The van der Waals surface area contributed by atoms with E-state index in [1.54, 1.807) is 25.1 Å². The molecule has 0 amide bonds. The first-order valence-electron chi connectivity index (χ1n) is 6.80. The highest BCUT2D eigenvalue weighted by Gasteiger charge is 2.48. The number of halogens is 2. The standard InChI is InChI=1S/C14H13Cl2N6O2/c1-8-17-7-18-22(8,11-9(15)5-4-6-10(11)16)12-19-13(23-2)21-14(20-12)24-3/h4-7H,1-3H3/q+1. The summed E-state index contributed by atoms with van der Waals surface area (Å²) in [6.07, 6.45) is 1.40. The first kappa shape index (κ1) is 16.6. The van der Waals surface area contributed by atoms with E-state index in [-0.39, 0.29) is 22.6 Å². The van der Waals surface area contributed by atoms with Gasteiger partial charge in [-0.15, -0.1) is 15.0 Å². The van der Waals surface area contributed by atoms with Gasteiger partial charge in [0.2, 0.25) is 11.5 Å². The lowest BCUT2D eigenvalue weighted by Crippen LogP contribution is -2.43. The maximum Gasteiger partial charge on any atom is 0.377 e. The second-order valence-corrected chi connectivity index (χ2v) is 5.54. The topological polar surface area (TPSA) is 81.9 Å². The quantitative estimate of drug-likeness (QED) is 0.774. The van der Waals surface area contributed by atoms with E-state index in [0.29, 0.717) is 21.6 Å². The smallest absolute Gasteiger partial charge is 0.377 e. The first-order valence-corrected chi connectivity index (χ1v) is 7.56. The van der Waals surface area contributed by atoms with Crippen molar-refractivity contribution in [3.8, 4) is 12.0 Å². The van der Waals surface area contributed by atoms with Crippen LogP contribution in [0.2, 0.25) is 10.0 Å². The third-order valence-electron chi connectivity index (χ3n) is 3.44. The molecule has 10 heteroatoms. The molecule has 1 atom stereocenters. The van der Waals surface area contributed by atoms with Crippen molar-refractivity contribution >= 4 is 47.0 Å². The van der Waals surface area contributed by atoms with Crippen molar-refractivity contribution in [3.63, 3.8) is 0 Å². The number of quaternary nitrogens is 1. The van der Waals surface area contributed by atoms with Crippen LogP contribution < -0.4 is 14.1 Å². The minimum absolute atomic E-state index is 0.0763.